The second kappa shape index (κ2) is 7.49. The van der Waals surface area contributed by atoms with Crippen LogP contribution in [0.2, 0.25) is 5.02 Å². The zero-order chi connectivity index (χ0) is 13.5. The summed E-state index contributed by atoms with van der Waals surface area (Å²) in [4.78, 5) is 0. The van der Waals surface area contributed by atoms with E-state index in [1.807, 2.05) is 13.0 Å². The van der Waals surface area contributed by atoms with E-state index in [1.165, 1.54) is 0 Å². The fraction of sp³-hybridized carbons (Fsp3) is 0.571. The third-order valence-corrected chi connectivity index (χ3v) is 2.82. The lowest BCUT2D eigenvalue weighted by molar-refractivity contribution is 0.285. The van der Waals surface area contributed by atoms with E-state index in [0.29, 0.717) is 17.4 Å². The predicted octanol–water partition coefficient (Wildman–Crippen LogP) is 3.42. The predicted molar refractivity (Wildman–Crippen MR) is 75.8 cm³/mol. The topological polar surface area (TPSA) is 44.5 Å². The van der Waals surface area contributed by atoms with Crippen molar-refractivity contribution in [3.63, 3.8) is 0 Å². The van der Waals surface area contributed by atoms with Crippen molar-refractivity contribution in [2.45, 2.75) is 39.2 Å². The molecule has 102 valence electrons. The van der Waals surface area contributed by atoms with Crippen LogP contribution in [-0.4, -0.2) is 19.8 Å². The van der Waals surface area contributed by atoms with Crippen molar-refractivity contribution in [3.8, 4) is 11.5 Å². The number of rotatable bonds is 7. The van der Waals surface area contributed by atoms with E-state index in [2.05, 4.69) is 6.92 Å². The van der Waals surface area contributed by atoms with Gasteiger partial charge in [0.05, 0.1) is 13.7 Å². The van der Waals surface area contributed by atoms with E-state index in [0.717, 1.165) is 30.6 Å². The van der Waals surface area contributed by atoms with Crippen LogP contribution in [0.5, 0.6) is 11.5 Å². The second-order valence-electron chi connectivity index (χ2n) is 4.48. The van der Waals surface area contributed by atoms with Crippen LogP contribution >= 0.6 is 11.6 Å². The highest BCUT2D eigenvalue weighted by Crippen LogP contribution is 2.35. The molecule has 1 unspecified atom stereocenters. The van der Waals surface area contributed by atoms with Crippen molar-refractivity contribution in [1.82, 2.24) is 0 Å². The lowest BCUT2D eigenvalue weighted by atomic mass is 10.1. The Bertz CT molecular complexity index is 380. The van der Waals surface area contributed by atoms with Gasteiger partial charge in [-0.25, -0.2) is 0 Å². The number of hydrogen-bond acceptors (Lipinski definition) is 3. The highest BCUT2D eigenvalue weighted by molar-refractivity contribution is 6.30. The van der Waals surface area contributed by atoms with Gasteiger partial charge in [-0.3, -0.25) is 0 Å². The molecule has 0 aliphatic rings. The molecule has 18 heavy (non-hydrogen) atoms. The molecule has 1 aromatic rings. The quantitative estimate of drug-likeness (QED) is 0.773. The Morgan fingerprint density at radius 3 is 2.67 bits per heavy atom. The van der Waals surface area contributed by atoms with Crippen molar-refractivity contribution in [2.75, 3.05) is 13.7 Å². The zero-order valence-electron chi connectivity index (χ0n) is 11.3. The monoisotopic (exact) mass is 271 g/mol. The van der Waals surface area contributed by atoms with Crippen LogP contribution in [-0.2, 0) is 6.42 Å². The van der Waals surface area contributed by atoms with E-state index in [9.17, 15) is 0 Å². The molecule has 3 nitrogen and oxygen atoms in total. The number of benzene rings is 1. The minimum atomic E-state index is 0.0571. The molecule has 4 heteroatoms. The normalized spacial score (nSPS) is 12.3. The maximum Gasteiger partial charge on any atom is 0.164 e. The second-order valence-corrected chi connectivity index (χ2v) is 4.92. The first-order valence-corrected chi connectivity index (χ1v) is 6.71. The van der Waals surface area contributed by atoms with E-state index < -0.39 is 0 Å². The summed E-state index contributed by atoms with van der Waals surface area (Å²) in [6.45, 7) is 4.77. The SMILES string of the molecule is CCCCOc1c(CC(C)N)cc(Cl)cc1OC. The fourth-order valence-electron chi connectivity index (χ4n) is 1.76. The molecule has 0 aromatic heterocycles. The summed E-state index contributed by atoms with van der Waals surface area (Å²) in [6.07, 6.45) is 2.83. The molecule has 1 aromatic carbocycles. The van der Waals surface area contributed by atoms with E-state index in [-0.39, 0.29) is 6.04 Å². The van der Waals surface area contributed by atoms with Crippen molar-refractivity contribution in [1.29, 1.82) is 0 Å². The van der Waals surface area contributed by atoms with Gasteiger partial charge >= 0.3 is 0 Å². The van der Waals surface area contributed by atoms with Crippen LogP contribution in [0.3, 0.4) is 0 Å². The maximum absolute atomic E-state index is 6.07. The van der Waals surface area contributed by atoms with Crippen LogP contribution in [0.15, 0.2) is 12.1 Å². The summed E-state index contributed by atoms with van der Waals surface area (Å²) in [5.74, 6) is 1.45. The van der Waals surface area contributed by atoms with Gasteiger partial charge in [0.2, 0.25) is 0 Å². The number of methoxy groups -OCH3 is 1. The Balaban J connectivity index is 2.99. The van der Waals surface area contributed by atoms with Crippen molar-refractivity contribution in [3.05, 3.63) is 22.7 Å². The van der Waals surface area contributed by atoms with Gasteiger partial charge in [0.25, 0.3) is 0 Å². The molecular formula is C14H22ClNO2. The fourth-order valence-corrected chi connectivity index (χ4v) is 1.99. The first-order chi connectivity index (χ1) is 8.58. The largest absolute Gasteiger partial charge is 0.493 e. The van der Waals surface area contributed by atoms with Crippen molar-refractivity contribution >= 4 is 11.6 Å². The van der Waals surface area contributed by atoms with Gasteiger partial charge in [0, 0.05) is 22.7 Å². The molecule has 0 heterocycles. The number of nitrogens with two attached hydrogens (primary N) is 1. The highest BCUT2D eigenvalue weighted by atomic mass is 35.5. The third kappa shape index (κ3) is 4.39. The number of halogens is 1. The average molecular weight is 272 g/mol. The summed E-state index contributed by atoms with van der Waals surface area (Å²) in [6, 6.07) is 3.73. The molecular weight excluding hydrogens is 250 g/mol. The zero-order valence-corrected chi connectivity index (χ0v) is 12.1. The Labute approximate surface area is 114 Å². The van der Waals surface area contributed by atoms with Gasteiger partial charge in [0.1, 0.15) is 0 Å². The van der Waals surface area contributed by atoms with Crippen LogP contribution in [0.25, 0.3) is 0 Å². The van der Waals surface area contributed by atoms with Gasteiger partial charge in [-0.1, -0.05) is 24.9 Å². The lowest BCUT2D eigenvalue weighted by Gasteiger charge is -2.16. The van der Waals surface area contributed by atoms with Gasteiger partial charge in [-0.15, -0.1) is 0 Å². The molecule has 0 radical (unpaired) electrons. The highest BCUT2D eigenvalue weighted by Gasteiger charge is 2.14. The third-order valence-electron chi connectivity index (χ3n) is 2.60. The summed E-state index contributed by atoms with van der Waals surface area (Å²) >= 11 is 6.07. The molecule has 0 saturated heterocycles. The minimum absolute atomic E-state index is 0.0571. The number of ether oxygens (including phenoxy) is 2. The number of unbranched alkanes of at least 4 members (excludes halogenated alkanes) is 1. The van der Waals surface area contributed by atoms with Crippen molar-refractivity contribution in [2.24, 2.45) is 5.73 Å². The Kier molecular flexibility index (Phi) is 6.30. The molecule has 0 fully saturated rings. The van der Waals surface area contributed by atoms with E-state index in [1.54, 1.807) is 13.2 Å². The summed E-state index contributed by atoms with van der Waals surface area (Å²) in [7, 11) is 1.62. The smallest absolute Gasteiger partial charge is 0.164 e. The van der Waals surface area contributed by atoms with E-state index in [4.69, 9.17) is 26.8 Å². The van der Waals surface area contributed by atoms with Gasteiger partial charge in [-0.05, 0) is 25.8 Å². The molecule has 1 atom stereocenters. The lowest BCUT2D eigenvalue weighted by Crippen LogP contribution is -2.18. The van der Waals surface area contributed by atoms with Crippen LogP contribution in [0, 0.1) is 0 Å². The van der Waals surface area contributed by atoms with Gasteiger partial charge < -0.3 is 15.2 Å². The molecule has 2 N–H and O–H groups in total. The molecule has 0 amide bonds. The van der Waals surface area contributed by atoms with Crippen LogP contribution in [0.1, 0.15) is 32.3 Å². The average Bonchev–Trinajstić information content (AvgIpc) is 2.30. The van der Waals surface area contributed by atoms with Crippen LogP contribution < -0.4 is 15.2 Å². The summed E-state index contributed by atoms with van der Waals surface area (Å²) in [5, 5.41) is 0.644. The molecule has 0 spiro atoms. The Morgan fingerprint density at radius 2 is 2.11 bits per heavy atom. The van der Waals surface area contributed by atoms with Gasteiger partial charge in [-0.2, -0.15) is 0 Å². The van der Waals surface area contributed by atoms with Crippen LogP contribution in [0.4, 0.5) is 0 Å². The molecule has 0 aliphatic carbocycles. The first kappa shape index (κ1) is 15.1. The minimum Gasteiger partial charge on any atom is -0.493 e. The standard InChI is InChI=1S/C14H22ClNO2/c1-4-5-6-18-14-11(7-10(2)16)8-12(15)9-13(14)17-3/h8-10H,4-7,16H2,1-3H3. The molecule has 0 saturated carbocycles. The number of hydrogen-bond donors (Lipinski definition) is 1. The summed E-state index contributed by atoms with van der Waals surface area (Å²) < 4.78 is 11.1. The Hall–Kier alpha value is -0.930. The molecule has 1 rings (SSSR count). The maximum atomic E-state index is 6.07. The summed E-state index contributed by atoms with van der Waals surface area (Å²) in [5.41, 5.74) is 6.86. The van der Waals surface area contributed by atoms with Gasteiger partial charge in [0.15, 0.2) is 11.5 Å². The molecule has 0 bridgehead atoms. The van der Waals surface area contributed by atoms with E-state index >= 15 is 0 Å². The Morgan fingerprint density at radius 1 is 1.39 bits per heavy atom. The molecule has 0 aliphatic heterocycles. The van der Waals surface area contributed by atoms with Crippen molar-refractivity contribution < 1.29 is 9.47 Å². The first-order valence-electron chi connectivity index (χ1n) is 6.33.